The summed E-state index contributed by atoms with van der Waals surface area (Å²) in [6.07, 6.45) is 3.04. The second kappa shape index (κ2) is 16.0. The molecule has 9 aromatic rings. The van der Waals surface area contributed by atoms with Crippen LogP contribution in [0.3, 0.4) is 0 Å². The van der Waals surface area contributed by atoms with Crippen LogP contribution in [0.15, 0.2) is 188 Å². The first-order valence-corrected chi connectivity index (χ1v) is 24.2. The standard InChI is InChI=1S/C63H58N3/c1-6-41-38-59(43-19-8-7-9-20-43)65(5)62(64-61(41)45-21-18-22-46(37-45)66-57-29-16-13-26-51(57)52-27-14-17-30-58(52)66)44-33-31-42(32-34-44)40(2)54-39-55-49(47-23-10-11-24-48(47)54)35-36-53-50-25-12-15-28-56(50)63(3,4)60(53)55/h7-37,40-41,54,61-62,64H,6,38-39H2,1-5H3/q+1. The van der Waals surface area contributed by atoms with Crippen molar-refractivity contribution in [2.24, 2.45) is 5.92 Å². The minimum Gasteiger partial charge on any atom is -0.309 e. The number of para-hydroxylation sites is 2. The fourth-order valence-electron chi connectivity index (χ4n) is 12.7. The first kappa shape index (κ1) is 40.7. The summed E-state index contributed by atoms with van der Waals surface area (Å²) in [5.41, 5.74) is 21.9. The Morgan fingerprint density at radius 1 is 0.621 bits per heavy atom. The van der Waals surface area contributed by atoms with Crippen LogP contribution in [0, 0.1) is 5.92 Å². The predicted octanol–water partition coefficient (Wildman–Crippen LogP) is 15.1. The molecule has 0 saturated heterocycles. The molecule has 66 heavy (non-hydrogen) atoms. The Bertz CT molecular complexity index is 3300. The average molecular weight is 857 g/mol. The lowest BCUT2D eigenvalue weighted by atomic mass is 9.68. The molecule has 5 atom stereocenters. The zero-order valence-corrected chi connectivity index (χ0v) is 38.8. The van der Waals surface area contributed by atoms with E-state index in [2.05, 4.69) is 237 Å². The quantitative estimate of drug-likeness (QED) is 0.158. The number of rotatable bonds is 7. The molecule has 2 heterocycles. The van der Waals surface area contributed by atoms with Gasteiger partial charge in [-0.05, 0) is 116 Å². The Hall–Kier alpha value is -6.81. The van der Waals surface area contributed by atoms with Gasteiger partial charge in [-0.2, -0.15) is 0 Å². The van der Waals surface area contributed by atoms with Crippen molar-refractivity contribution in [3.63, 3.8) is 0 Å². The van der Waals surface area contributed by atoms with Gasteiger partial charge >= 0.3 is 0 Å². The van der Waals surface area contributed by atoms with Crippen molar-refractivity contribution >= 4 is 27.5 Å². The Kier molecular flexibility index (Phi) is 9.84. The molecule has 1 aromatic heterocycles. The zero-order valence-electron chi connectivity index (χ0n) is 38.8. The van der Waals surface area contributed by atoms with Gasteiger partial charge in [0.1, 0.15) is 7.05 Å². The molecule has 3 heteroatoms. The molecular formula is C63H58N3+. The van der Waals surface area contributed by atoms with Crippen molar-refractivity contribution in [3.05, 3.63) is 233 Å². The molecule has 1 aliphatic heterocycles. The van der Waals surface area contributed by atoms with E-state index >= 15 is 0 Å². The summed E-state index contributed by atoms with van der Waals surface area (Å²) in [5.74, 6) is 1.07. The van der Waals surface area contributed by atoms with Crippen molar-refractivity contribution in [2.45, 2.75) is 76.4 Å². The minimum absolute atomic E-state index is 0.0308. The lowest BCUT2D eigenvalue weighted by Gasteiger charge is -2.36. The molecule has 0 spiro atoms. The Morgan fingerprint density at radius 2 is 1.27 bits per heavy atom. The zero-order chi connectivity index (χ0) is 44.7. The van der Waals surface area contributed by atoms with Gasteiger partial charge in [-0.1, -0.05) is 186 Å². The topological polar surface area (TPSA) is 20.0 Å². The number of nitrogens with zero attached hydrogens (tertiary/aromatic N) is 2. The van der Waals surface area contributed by atoms with E-state index in [1.807, 2.05) is 0 Å². The molecule has 0 saturated carbocycles. The molecule has 0 radical (unpaired) electrons. The van der Waals surface area contributed by atoms with Gasteiger partial charge in [-0.25, -0.2) is 9.89 Å². The summed E-state index contributed by atoms with van der Waals surface area (Å²) < 4.78 is 4.98. The largest absolute Gasteiger partial charge is 0.309 e. The number of aromatic nitrogens is 1. The van der Waals surface area contributed by atoms with Crippen LogP contribution in [-0.2, 0) is 11.8 Å². The van der Waals surface area contributed by atoms with Gasteiger partial charge in [0.15, 0.2) is 5.71 Å². The van der Waals surface area contributed by atoms with Crippen LogP contribution < -0.4 is 5.32 Å². The minimum atomic E-state index is -0.0483. The summed E-state index contributed by atoms with van der Waals surface area (Å²) in [7, 11) is 2.30. The lowest BCUT2D eigenvalue weighted by Crippen LogP contribution is -2.34. The maximum atomic E-state index is 4.32. The van der Waals surface area contributed by atoms with Crippen LogP contribution in [0.4, 0.5) is 0 Å². The molecule has 1 N–H and O–H groups in total. The average Bonchev–Trinajstić information content (AvgIpc) is 3.76. The maximum Gasteiger partial charge on any atom is 0.233 e. The lowest BCUT2D eigenvalue weighted by molar-refractivity contribution is -0.552. The summed E-state index contributed by atoms with van der Waals surface area (Å²) in [5, 5.41) is 6.89. The summed E-state index contributed by atoms with van der Waals surface area (Å²) in [4.78, 5) is 0. The number of fused-ring (bicyclic) bond motifs is 10. The van der Waals surface area contributed by atoms with Gasteiger partial charge in [-0.3, -0.25) is 0 Å². The molecule has 3 nitrogen and oxygen atoms in total. The van der Waals surface area contributed by atoms with Crippen LogP contribution in [0.25, 0.3) is 49.7 Å². The normalized spacial score (nSPS) is 20.1. The second-order valence-electron chi connectivity index (χ2n) is 19.8. The van der Waals surface area contributed by atoms with E-state index < -0.39 is 0 Å². The fraction of sp³-hybridized carbons (Fsp3) is 0.222. The number of benzene rings is 8. The Labute approximate surface area is 390 Å². The van der Waals surface area contributed by atoms with E-state index in [0.29, 0.717) is 17.8 Å². The van der Waals surface area contributed by atoms with Gasteiger partial charge in [0.2, 0.25) is 6.17 Å². The molecular weight excluding hydrogens is 799 g/mol. The van der Waals surface area contributed by atoms with Gasteiger partial charge in [0.05, 0.1) is 11.0 Å². The van der Waals surface area contributed by atoms with E-state index in [9.17, 15) is 0 Å². The molecule has 3 aliphatic rings. The Balaban J connectivity index is 0.916. The predicted molar refractivity (Wildman–Crippen MR) is 275 cm³/mol. The van der Waals surface area contributed by atoms with E-state index in [0.717, 1.165) is 19.3 Å². The van der Waals surface area contributed by atoms with Crippen molar-refractivity contribution in [3.8, 4) is 27.9 Å². The van der Waals surface area contributed by atoms with Gasteiger partial charge < -0.3 is 4.57 Å². The molecule has 12 rings (SSSR count). The summed E-state index contributed by atoms with van der Waals surface area (Å²) in [6.45, 7) is 9.70. The van der Waals surface area contributed by atoms with Gasteiger partial charge in [-0.15, -0.1) is 0 Å². The summed E-state index contributed by atoms with van der Waals surface area (Å²) >= 11 is 0. The third-order valence-electron chi connectivity index (χ3n) is 16.1. The highest BCUT2D eigenvalue weighted by Gasteiger charge is 2.42. The molecule has 2 aliphatic carbocycles. The molecule has 5 unspecified atom stereocenters. The first-order chi connectivity index (χ1) is 32.3. The molecule has 0 amide bonds. The van der Waals surface area contributed by atoms with Crippen LogP contribution in [0.5, 0.6) is 0 Å². The molecule has 8 aromatic carbocycles. The molecule has 0 bridgehead atoms. The molecule has 0 fully saturated rings. The third kappa shape index (κ3) is 6.38. The van der Waals surface area contributed by atoms with Crippen molar-refractivity contribution in [1.82, 2.24) is 9.88 Å². The van der Waals surface area contributed by atoms with Crippen LogP contribution in [0.2, 0.25) is 0 Å². The van der Waals surface area contributed by atoms with Crippen molar-refractivity contribution < 1.29 is 4.58 Å². The highest BCUT2D eigenvalue weighted by Crippen LogP contribution is 2.55. The van der Waals surface area contributed by atoms with Gasteiger partial charge in [0.25, 0.3) is 0 Å². The SMILES string of the molecule is CCC1CC(c2ccccc2)=[N+](C)C(c2ccc(C(C)C3Cc4c(ccc5c4C(C)(C)c4ccccc4-5)-c4ccccc43)cc2)NC1c1cccc(-n2c3ccccc3c3ccccc32)c1. The Morgan fingerprint density at radius 3 is 2.02 bits per heavy atom. The van der Waals surface area contributed by atoms with E-state index in [1.54, 1.807) is 0 Å². The van der Waals surface area contributed by atoms with Crippen LogP contribution >= 0.6 is 0 Å². The van der Waals surface area contributed by atoms with E-state index in [4.69, 9.17) is 0 Å². The fourth-order valence-corrected chi connectivity index (χ4v) is 12.7. The molecule has 324 valence electrons. The number of hydrogen-bond donors (Lipinski definition) is 1. The van der Waals surface area contributed by atoms with E-state index in [-0.39, 0.29) is 17.6 Å². The first-order valence-electron chi connectivity index (χ1n) is 24.2. The van der Waals surface area contributed by atoms with E-state index in [1.165, 1.54) is 100.0 Å². The highest BCUT2D eigenvalue weighted by atomic mass is 15.2. The van der Waals surface area contributed by atoms with Crippen LogP contribution in [-0.4, -0.2) is 21.9 Å². The third-order valence-corrected chi connectivity index (χ3v) is 16.1. The monoisotopic (exact) mass is 856 g/mol. The highest BCUT2D eigenvalue weighted by molar-refractivity contribution is 6.09. The summed E-state index contributed by atoms with van der Waals surface area (Å²) in [6, 6.07) is 71.0. The number of nitrogens with one attached hydrogen (secondary N) is 1. The van der Waals surface area contributed by atoms with Crippen LogP contribution in [0.1, 0.15) is 109 Å². The van der Waals surface area contributed by atoms with Crippen molar-refractivity contribution in [1.29, 1.82) is 0 Å². The number of hydrogen-bond acceptors (Lipinski definition) is 1. The second-order valence-corrected chi connectivity index (χ2v) is 19.8. The van der Waals surface area contributed by atoms with Crippen molar-refractivity contribution in [2.75, 3.05) is 7.05 Å². The smallest absolute Gasteiger partial charge is 0.233 e. The van der Waals surface area contributed by atoms with Gasteiger partial charge in [0, 0.05) is 45.5 Å². The maximum absolute atomic E-state index is 4.32.